The second-order valence-corrected chi connectivity index (χ2v) is 4.58. The van der Waals surface area contributed by atoms with Crippen LogP contribution in [0.2, 0.25) is 0 Å². The molecular formula is C11H17N5O3. The molecule has 1 heterocycles. The van der Waals surface area contributed by atoms with E-state index in [1.165, 1.54) is 10.9 Å². The number of rotatable bonds is 6. The molecule has 104 valence electrons. The summed E-state index contributed by atoms with van der Waals surface area (Å²) in [4.78, 5) is 22.1. The van der Waals surface area contributed by atoms with E-state index in [0.29, 0.717) is 25.0 Å². The van der Waals surface area contributed by atoms with Crippen LogP contribution < -0.4 is 10.6 Å². The summed E-state index contributed by atoms with van der Waals surface area (Å²) in [6.45, 7) is 2.86. The number of nitrogens with one attached hydrogen (secondary N) is 2. The predicted octanol–water partition coefficient (Wildman–Crippen LogP) is 0.0740. The summed E-state index contributed by atoms with van der Waals surface area (Å²) in [5.74, 6) is -0.504. The number of hydrogen-bond donors (Lipinski definition) is 3. The summed E-state index contributed by atoms with van der Waals surface area (Å²) < 4.78 is 1.38. The summed E-state index contributed by atoms with van der Waals surface area (Å²) in [5.41, 5.74) is -0.104. The number of aromatic nitrogens is 3. The molecule has 2 atom stereocenters. The van der Waals surface area contributed by atoms with Crippen molar-refractivity contribution in [3.8, 4) is 0 Å². The van der Waals surface area contributed by atoms with E-state index >= 15 is 0 Å². The van der Waals surface area contributed by atoms with Gasteiger partial charge in [0, 0.05) is 12.6 Å². The number of nitrogens with zero attached hydrogens (tertiary/aromatic N) is 3. The number of carbonyl (C=O) groups is 2. The van der Waals surface area contributed by atoms with E-state index in [2.05, 4.69) is 27.9 Å². The lowest BCUT2D eigenvalue weighted by atomic mass is 10.3. The van der Waals surface area contributed by atoms with Crippen LogP contribution in [0.1, 0.15) is 30.3 Å². The molecular weight excluding hydrogens is 250 g/mol. The zero-order valence-corrected chi connectivity index (χ0v) is 10.7. The van der Waals surface area contributed by atoms with Gasteiger partial charge in [-0.05, 0) is 12.3 Å². The van der Waals surface area contributed by atoms with Gasteiger partial charge in [-0.1, -0.05) is 18.6 Å². The summed E-state index contributed by atoms with van der Waals surface area (Å²) in [7, 11) is 0. The van der Waals surface area contributed by atoms with Gasteiger partial charge in [-0.15, -0.1) is 5.10 Å². The molecule has 0 bridgehead atoms. The van der Waals surface area contributed by atoms with Crippen LogP contribution >= 0.6 is 0 Å². The molecule has 0 radical (unpaired) electrons. The number of carboxylic acid groups (broad SMARTS) is 1. The van der Waals surface area contributed by atoms with Crippen LogP contribution in [0.5, 0.6) is 0 Å². The number of carboxylic acids is 1. The zero-order chi connectivity index (χ0) is 13.8. The molecule has 2 unspecified atom stereocenters. The zero-order valence-electron chi connectivity index (χ0n) is 10.7. The van der Waals surface area contributed by atoms with Crippen LogP contribution in [0.3, 0.4) is 0 Å². The highest BCUT2D eigenvalue weighted by atomic mass is 16.4. The lowest BCUT2D eigenvalue weighted by Crippen LogP contribution is -2.39. The molecule has 1 aliphatic carbocycles. The standard InChI is InChI=1S/C11H17N5O3/c1-2-7-5-8(7)13-11(19)12-3-4-16-6-9(10(17)18)14-15-16/h6-8H,2-5H2,1H3,(H,17,18)(H2,12,13,19). The fraction of sp³-hybridized carbons (Fsp3) is 0.636. The quantitative estimate of drug-likeness (QED) is 0.676. The van der Waals surface area contributed by atoms with Crippen molar-refractivity contribution < 1.29 is 14.7 Å². The minimum atomic E-state index is -1.11. The maximum atomic E-state index is 11.5. The molecule has 1 aromatic rings. The van der Waals surface area contributed by atoms with Gasteiger partial charge in [-0.3, -0.25) is 0 Å². The molecule has 1 aromatic heterocycles. The van der Waals surface area contributed by atoms with E-state index < -0.39 is 5.97 Å². The topological polar surface area (TPSA) is 109 Å². The normalized spacial score (nSPS) is 20.9. The van der Waals surface area contributed by atoms with Crippen LogP contribution in [-0.4, -0.2) is 44.7 Å². The first-order chi connectivity index (χ1) is 9.10. The lowest BCUT2D eigenvalue weighted by Gasteiger charge is -2.06. The van der Waals surface area contributed by atoms with E-state index in [1.54, 1.807) is 0 Å². The van der Waals surface area contributed by atoms with E-state index in [-0.39, 0.29) is 11.7 Å². The van der Waals surface area contributed by atoms with Crippen molar-refractivity contribution in [1.82, 2.24) is 25.6 Å². The third-order valence-corrected chi connectivity index (χ3v) is 3.15. The molecule has 2 amide bonds. The number of amides is 2. The minimum Gasteiger partial charge on any atom is -0.476 e. The fourth-order valence-corrected chi connectivity index (χ4v) is 1.88. The summed E-state index contributed by atoms with van der Waals surface area (Å²) >= 11 is 0. The van der Waals surface area contributed by atoms with Gasteiger partial charge in [0.05, 0.1) is 12.7 Å². The molecule has 1 aliphatic rings. The van der Waals surface area contributed by atoms with Crippen molar-refractivity contribution in [2.24, 2.45) is 5.92 Å². The molecule has 19 heavy (non-hydrogen) atoms. The summed E-state index contributed by atoms with van der Waals surface area (Å²) in [5, 5.41) is 21.4. The highest BCUT2D eigenvalue weighted by Gasteiger charge is 2.36. The van der Waals surface area contributed by atoms with Crippen molar-refractivity contribution >= 4 is 12.0 Å². The van der Waals surface area contributed by atoms with Gasteiger partial charge in [0.2, 0.25) is 0 Å². The maximum Gasteiger partial charge on any atom is 0.358 e. The van der Waals surface area contributed by atoms with Gasteiger partial charge in [0.25, 0.3) is 0 Å². The second kappa shape index (κ2) is 5.68. The Morgan fingerprint density at radius 2 is 2.37 bits per heavy atom. The Hall–Kier alpha value is -2.12. The van der Waals surface area contributed by atoms with Crippen LogP contribution in [0, 0.1) is 5.92 Å². The molecule has 1 fully saturated rings. The Bertz CT molecular complexity index is 473. The SMILES string of the molecule is CCC1CC1NC(=O)NCCn1cc(C(=O)O)nn1. The first-order valence-corrected chi connectivity index (χ1v) is 6.28. The van der Waals surface area contributed by atoms with Gasteiger partial charge < -0.3 is 15.7 Å². The Balaban J connectivity index is 1.65. The Labute approximate surface area is 110 Å². The molecule has 8 nitrogen and oxygen atoms in total. The molecule has 0 saturated heterocycles. The third-order valence-electron chi connectivity index (χ3n) is 3.15. The van der Waals surface area contributed by atoms with E-state index in [1.807, 2.05) is 0 Å². The summed E-state index contributed by atoms with van der Waals surface area (Å²) in [6.07, 6.45) is 3.47. The molecule has 0 aliphatic heterocycles. The van der Waals surface area contributed by atoms with E-state index in [4.69, 9.17) is 5.11 Å². The van der Waals surface area contributed by atoms with Crippen molar-refractivity contribution in [1.29, 1.82) is 0 Å². The fourth-order valence-electron chi connectivity index (χ4n) is 1.88. The predicted molar refractivity (Wildman–Crippen MR) is 65.7 cm³/mol. The van der Waals surface area contributed by atoms with Gasteiger partial charge in [0.1, 0.15) is 0 Å². The lowest BCUT2D eigenvalue weighted by molar-refractivity contribution is 0.0690. The Morgan fingerprint density at radius 1 is 1.58 bits per heavy atom. The van der Waals surface area contributed by atoms with Gasteiger partial charge >= 0.3 is 12.0 Å². The van der Waals surface area contributed by atoms with E-state index in [9.17, 15) is 9.59 Å². The smallest absolute Gasteiger partial charge is 0.358 e. The number of urea groups is 1. The summed E-state index contributed by atoms with van der Waals surface area (Å²) in [6, 6.07) is 0.106. The highest BCUT2D eigenvalue weighted by Crippen LogP contribution is 2.32. The first-order valence-electron chi connectivity index (χ1n) is 6.28. The van der Waals surface area contributed by atoms with Crippen molar-refractivity contribution in [2.45, 2.75) is 32.4 Å². The van der Waals surface area contributed by atoms with Gasteiger partial charge in [0.15, 0.2) is 5.69 Å². The molecule has 8 heteroatoms. The van der Waals surface area contributed by atoms with Crippen molar-refractivity contribution in [2.75, 3.05) is 6.54 Å². The number of hydrogen-bond acceptors (Lipinski definition) is 4. The van der Waals surface area contributed by atoms with Crippen molar-refractivity contribution in [3.05, 3.63) is 11.9 Å². The van der Waals surface area contributed by atoms with Crippen LogP contribution in [0.4, 0.5) is 4.79 Å². The average molecular weight is 267 g/mol. The van der Waals surface area contributed by atoms with E-state index in [0.717, 1.165) is 12.8 Å². The Kier molecular flexibility index (Phi) is 3.98. The van der Waals surface area contributed by atoms with Crippen LogP contribution in [0.15, 0.2) is 6.20 Å². The second-order valence-electron chi connectivity index (χ2n) is 4.58. The number of carbonyl (C=O) groups excluding carboxylic acids is 1. The first kappa shape index (κ1) is 13.3. The van der Waals surface area contributed by atoms with Crippen LogP contribution in [0.25, 0.3) is 0 Å². The highest BCUT2D eigenvalue weighted by molar-refractivity contribution is 5.84. The minimum absolute atomic E-state index is 0.104. The Morgan fingerprint density at radius 3 is 2.95 bits per heavy atom. The van der Waals surface area contributed by atoms with Gasteiger partial charge in [-0.25, -0.2) is 14.3 Å². The molecule has 1 saturated carbocycles. The monoisotopic (exact) mass is 267 g/mol. The average Bonchev–Trinajstić information content (AvgIpc) is 2.93. The van der Waals surface area contributed by atoms with Crippen LogP contribution in [-0.2, 0) is 6.54 Å². The maximum absolute atomic E-state index is 11.5. The third kappa shape index (κ3) is 3.67. The molecule has 0 aromatic carbocycles. The van der Waals surface area contributed by atoms with Gasteiger partial charge in [-0.2, -0.15) is 0 Å². The largest absolute Gasteiger partial charge is 0.476 e. The molecule has 2 rings (SSSR count). The molecule has 3 N–H and O–H groups in total. The van der Waals surface area contributed by atoms with Crippen molar-refractivity contribution in [3.63, 3.8) is 0 Å². The molecule has 0 spiro atoms. The number of aromatic carboxylic acids is 1.